The van der Waals surface area contributed by atoms with Crippen LogP contribution in [0.5, 0.6) is 5.75 Å². The summed E-state index contributed by atoms with van der Waals surface area (Å²) in [6, 6.07) is 7.53. The van der Waals surface area contributed by atoms with Gasteiger partial charge in [0.25, 0.3) is 0 Å². The second-order valence-electron chi connectivity index (χ2n) is 4.47. The lowest BCUT2D eigenvalue weighted by molar-refractivity contribution is -0.485. The number of fused-ring (bicyclic) bond motifs is 2. The Kier molecular flexibility index (Phi) is 2.48. The largest absolute Gasteiger partial charge is 0.464 e. The summed E-state index contributed by atoms with van der Waals surface area (Å²) in [6.45, 7) is 0.572. The first-order valence-corrected chi connectivity index (χ1v) is 5.74. The average Bonchev–Trinajstić information content (AvgIpc) is 2.76. The fraction of sp³-hybridized carbons (Fsp3) is 0.500. The standard InChI is InChI=1S/C12H13NO4/c14-13(15)7-10-8-3-1-2-4-11(8)17-12-9(10)5-6-16-12/h1-4,9-10,12H,5-7H2/t9-,10+,12+/m1/s1. The molecule has 17 heavy (non-hydrogen) atoms. The maximum atomic E-state index is 10.8. The Morgan fingerprint density at radius 2 is 2.24 bits per heavy atom. The Morgan fingerprint density at radius 3 is 3.06 bits per heavy atom. The van der Waals surface area contributed by atoms with E-state index in [0.717, 1.165) is 17.7 Å². The number of nitro groups is 1. The Morgan fingerprint density at radius 1 is 1.41 bits per heavy atom. The molecule has 5 nitrogen and oxygen atoms in total. The first-order valence-electron chi connectivity index (χ1n) is 5.74. The van der Waals surface area contributed by atoms with Crippen LogP contribution in [-0.2, 0) is 4.74 Å². The average molecular weight is 235 g/mol. The number of rotatable bonds is 2. The van der Waals surface area contributed by atoms with Gasteiger partial charge in [0.15, 0.2) is 0 Å². The van der Waals surface area contributed by atoms with Gasteiger partial charge in [-0.3, -0.25) is 10.1 Å². The van der Waals surface area contributed by atoms with E-state index < -0.39 is 0 Å². The number of para-hydroxylation sites is 1. The van der Waals surface area contributed by atoms with Gasteiger partial charge < -0.3 is 9.47 Å². The fourth-order valence-corrected chi connectivity index (χ4v) is 2.74. The molecule has 3 rings (SSSR count). The number of ether oxygens (including phenoxy) is 2. The van der Waals surface area contributed by atoms with E-state index in [9.17, 15) is 10.1 Å². The molecule has 0 N–H and O–H groups in total. The zero-order chi connectivity index (χ0) is 11.8. The summed E-state index contributed by atoms with van der Waals surface area (Å²) in [4.78, 5) is 10.5. The quantitative estimate of drug-likeness (QED) is 0.579. The second-order valence-corrected chi connectivity index (χ2v) is 4.47. The zero-order valence-electron chi connectivity index (χ0n) is 9.24. The molecule has 1 saturated heterocycles. The van der Waals surface area contributed by atoms with E-state index in [1.807, 2.05) is 24.3 Å². The molecule has 1 fully saturated rings. The maximum Gasteiger partial charge on any atom is 0.211 e. The number of nitrogens with zero attached hydrogens (tertiary/aromatic N) is 1. The first kappa shape index (κ1) is 10.5. The van der Waals surface area contributed by atoms with Gasteiger partial charge in [-0.1, -0.05) is 18.2 Å². The van der Waals surface area contributed by atoms with E-state index in [1.165, 1.54) is 0 Å². The van der Waals surface area contributed by atoms with Crippen molar-refractivity contribution in [2.24, 2.45) is 5.92 Å². The smallest absolute Gasteiger partial charge is 0.211 e. The molecule has 0 unspecified atom stereocenters. The molecule has 5 heteroatoms. The summed E-state index contributed by atoms with van der Waals surface area (Å²) < 4.78 is 11.2. The van der Waals surface area contributed by atoms with E-state index in [2.05, 4.69) is 0 Å². The van der Waals surface area contributed by atoms with Gasteiger partial charge in [0.05, 0.1) is 12.5 Å². The highest BCUT2D eigenvalue weighted by molar-refractivity contribution is 5.39. The first-order chi connectivity index (χ1) is 8.25. The van der Waals surface area contributed by atoms with Crippen LogP contribution in [0.4, 0.5) is 0 Å². The van der Waals surface area contributed by atoms with Crippen molar-refractivity contribution in [3.05, 3.63) is 39.9 Å². The number of hydrogen-bond acceptors (Lipinski definition) is 4. The van der Waals surface area contributed by atoms with E-state index >= 15 is 0 Å². The highest BCUT2D eigenvalue weighted by Gasteiger charge is 2.44. The normalized spacial score (nSPS) is 30.2. The minimum atomic E-state index is -0.310. The molecule has 0 amide bonds. The van der Waals surface area contributed by atoms with Crippen LogP contribution in [0.25, 0.3) is 0 Å². The van der Waals surface area contributed by atoms with Gasteiger partial charge in [-0.15, -0.1) is 0 Å². The molecule has 1 aromatic rings. The molecule has 0 radical (unpaired) electrons. The summed E-state index contributed by atoms with van der Waals surface area (Å²) in [7, 11) is 0. The van der Waals surface area contributed by atoms with Gasteiger partial charge >= 0.3 is 0 Å². The van der Waals surface area contributed by atoms with Gasteiger partial charge in [-0.05, 0) is 12.5 Å². The highest BCUT2D eigenvalue weighted by Crippen LogP contribution is 2.44. The van der Waals surface area contributed by atoms with E-state index in [4.69, 9.17) is 9.47 Å². The molecule has 0 saturated carbocycles. The summed E-state index contributed by atoms with van der Waals surface area (Å²) in [5, 5.41) is 10.8. The van der Waals surface area contributed by atoms with E-state index in [0.29, 0.717) is 6.61 Å². The number of hydrogen-bond donors (Lipinski definition) is 0. The van der Waals surface area contributed by atoms with Crippen molar-refractivity contribution in [3.63, 3.8) is 0 Å². The maximum absolute atomic E-state index is 10.8. The molecule has 0 spiro atoms. The third-order valence-corrected chi connectivity index (χ3v) is 3.51. The predicted octanol–water partition coefficient (Wildman–Crippen LogP) is 1.80. The van der Waals surface area contributed by atoms with Crippen LogP contribution >= 0.6 is 0 Å². The van der Waals surface area contributed by atoms with Crippen LogP contribution < -0.4 is 4.74 Å². The molecule has 0 aliphatic carbocycles. The van der Waals surface area contributed by atoms with Crippen molar-refractivity contribution in [3.8, 4) is 5.75 Å². The topological polar surface area (TPSA) is 61.6 Å². The van der Waals surface area contributed by atoms with Crippen LogP contribution in [0.1, 0.15) is 17.9 Å². The lowest BCUT2D eigenvalue weighted by atomic mass is 9.82. The van der Waals surface area contributed by atoms with Crippen molar-refractivity contribution < 1.29 is 14.4 Å². The number of benzene rings is 1. The Labute approximate surface area is 98.5 Å². The molecule has 2 heterocycles. The predicted molar refractivity (Wildman–Crippen MR) is 59.5 cm³/mol. The molecule has 2 aliphatic heterocycles. The third kappa shape index (κ3) is 1.76. The van der Waals surface area contributed by atoms with E-state index in [1.54, 1.807) is 0 Å². The third-order valence-electron chi connectivity index (χ3n) is 3.51. The zero-order valence-corrected chi connectivity index (χ0v) is 9.24. The van der Waals surface area contributed by atoms with Gasteiger partial charge in [0.2, 0.25) is 12.8 Å². The highest BCUT2D eigenvalue weighted by atomic mass is 16.7. The van der Waals surface area contributed by atoms with Crippen molar-refractivity contribution in [1.29, 1.82) is 0 Å². The van der Waals surface area contributed by atoms with Crippen LogP contribution in [0, 0.1) is 16.0 Å². The van der Waals surface area contributed by atoms with Crippen molar-refractivity contribution in [2.45, 2.75) is 18.6 Å². The van der Waals surface area contributed by atoms with Crippen LogP contribution in [0.2, 0.25) is 0 Å². The van der Waals surface area contributed by atoms with Crippen LogP contribution in [-0.4, -0.2) is 24.4 Å². The monoisotopic (exact) mass is 235 g/mol. The molecule has 3 atom stereocenters. The van der Waals surface area contributed by atoms with E-state index in [-0.39, 0.29) is 29.6 Å². The molecule has 90 valence electrons. The fourth-order valence-electron chi connectivity index (χ4n) is 2.74. The molecule has 1 aromatic carbocycles. The van der Waals surface area contributed by atoms with Gasteiger partial charge in [-0.2, -0.15) is 0 Å². The SMILES string of the molecule is O=[N+]([O-])C[C@H]1c2ccccc2O[C@@H]2OCC[C@@H]21. The van der Waals surface area contributed by atoms with Gasteiger partial charge in [0, 0.05) is 16.4 Å². The summed E-state index contributed by atoms with van der Waals surface area (Å²) in [5.74, 6) is 0.736. The van der Waals surface area contributed by atoms with Gasteiger partial charge in [0.1, 0.15) is 5.75 Å². The lowest BCUT2D eigenvalue weighted by Crippen LogP contribution is -2.35. The molecule has 2 aliphatic rings. The molecular weight excluding hydrogens is 222 g/mol. The summed E-state index contributed by atoms with van der Waals surface area (Å²) in [6.07, 6.45) is 0.521. The minimum Gasteiger partial charge on any atom is -0.464 e. The van der Waals surface area contributed by atoms with Crippen molar-refractivity contribution >= 4 is 0 Å². The van der Waals surface area contributed by atoms with Crippen LogP contribution in [0.3, 0.4) is 0 Å². The van der Waals surface area contributed by atoms with Crippen molar-refractivity contribution in [1.82, 2.24) is 0 Å². The summed E-state index contributed by atoms with van der Waals surface area (Å²) >= 11 is 0. The molecular formula is C12H13NO4. The second kappa shape index (κ2) is 4.00. The Hall–Kier alpha value is -1.62. The lowest BCUT2D eigenvalue weighted by Gasteiger charge is -2.32. The van der Waals surface area contributed by atoms with Crippen LogP contribution in [0.15, 0.2) is 24.3 Å². The Bertz CT molecular complexity index is 448. The van der Waals surface area contributed by atoms with Crippen molar-refractivity contribution in [2.75, 3.05) is 13.2 Å². The van der Waals surface area contributed by atoms with Gasteiger partial charge in [-0.25, -0.2) is 0 Å². The Balaban J connectivity index is 1.99. The molecule has 0 aromatic heterocycles. The minimum absolute atomic E-state index is 0.0507. The summed E-state index contributed by atoms with van der Waals surface area (Å²) in [5.41, 5.74) is 0.941. The molecule has 0 bridgehead atoms.